The summed E-state index contributed by atoms with van der Waals surface area (Å²) in [7, 11) is 0. The Morgan fingerprint density at radius 3 is 2.30 bits per heavy atom. The van der Waals surface area contributed by atoms with E-state index in [-0.39, 0.29) is 16.8 Å². The summed E-state index contributed by atoms with van der Waals surface area (Å²) in [4.78, 5) is 8.50. The average Bonchev–Trinajstić information content (AvgIpc) is 2.48. The van der Waals surface area contributed by atoms with Crippen LogP contribution < -0.4 is 0 Å². The first-order chi connectivity index (χ1) is 9.74. The van der Waals surface area contributed by atoms with Gasteiger partial charge in [-0.1, -0.05) is 54.1 Å². The Labute approximate surface area is 120 Å². The molecule has 0 saturated carbocycles. The average molecular weight is 285 g/mol. The standard InChI is InChI=1S/C16H10ClFN2/c17-15-10-14(11-6-2-1-3-7-11)19-16(20-15)12-8-4-5-9-13(12)18/h1-10H. The van der Waals surface area contributed by atoms with E-state index in [9.17, 15) is 4.39 Å². The third-order valence-corrected chi connectivity index (χ3v) is 3.07. The minimum atomic E-state index is -0.367. The fourth-order valence-corrected chi connectivity index (χ4v) is 2.12. The quantitative estimate of drug-likeness (QED) is 0.643. The maximum Gasteiger partial charge on any atom is 0.164 e. The third-order valence-electron chi connectivity index (χ3n) is 2.88. The van der Waals surface area contributed by atoms with Crippen molar-refractivity contribution in [2.75, 3.05) is 0 Å². The molecular weight excluding hydrogens is 275 g/mol. The van der Waals surface area contributed by atoms with Gasteiger partial charge in [0.1, 0.15) is 11.0 Å². The Balaban J connectivity index is 2.15. The monoisotopic (exact) mass is 284 g/mol. The molecule has 3 rings (SSSR count). The molecule has 0 unspecified atom stereocenters. The van der Waals surface area contributed by atoms with Gasteiger partial charge in [0.25, 0.3) is 0 Å². The molecule has 0 amide bonds. The molecule has 20 heavy (non-hydrogen) atoms. The van der Waals surface area contributed by atoms with E-state index < -0.39 is 0 Å². The highest BCUT2D eigenvalue weighted by atomic mass is 35.5. The molecule has 0 N–H and O–H groups in total. The summed E-state index contributed by atoms with van der Waals surface area (Å²) in [6.45, 7) is 0. The van der Waals surface area contributed by atoms with Crippen LogP contribution in [0.1, 0.15) is 0 Å². The maximum absolute atomic E-state index is 13.8. The Morgan fingerprint density at radius 1 is 0.850 bits per heavy atom. The van der Waals surface area contributed by atoms with Gasteiger partial charge < -0.3 is 0 Å². The number of hydrogen-bond donors (Lipinski definition) is 0. The number of nitrogens with zero attached hydrogens (tertiary/aromatic N) is 2. The van der Waals surface area contributed by atoms with E-state index in [2.05, 4.69) is 9.97 Å². The molecule has 0 fully saturated rings. The molecule has 0 aliphatic rings. The molecule has 0 bridgehead atoms. The fourth-order valence-electron chi connectivity index (χ4n) is 1.94. The highest BCUT2D eigenvalue weighted by molar-refractivity contribution is 6.29. The Morgan fingerprint density at radius 2 is 1.55 bits per heavy atom. The molecule has 2 aromatic carbocycles. The molecule has 0 radical (unpaired) electrons. The predicted molar refractivity (Wildman–Crippen MR) is 77.9 cm³/mol. The summed E-state index contributed by atoms with van der Waals surface area (Å²) in [6.07, 6.45) is 0. The van der Waals surface area contributed by atoms with Crippen LogP contribution in [-0.4, -0.2) is 9.97 Å². The lowest BCUT2D eigenvalue weighted by Crippen LogP contribution is -1.95. The zero-order valence-electron chi connectivity index (χ0n) is 10.4. The van der Waals surface area contributed by atoms with E-state index in [1.54, 1.807) is 24.3 Å². The van der Waals surface area contributed by atoms with Crippen LogP contribution in [0, 0.1) is 5.82 Å². The van der Waals surface area contributed by atoms with Crippen LogP contribution in [0.4, 0.5) is 4.39 Å². The first-order valence-corrected chi connectivity index (χ1v) is 6.47. The first kappa shape index (κ1) is 12.8. The van der Waals surface area contributed by atoms with E-state index in [0.29, 0.717) is 11.3 Å². The second-order valence-corrected chi connectivity index (χ2v) is 4.63. The summed E-state index contributed by atoms with van der Waals surface area (Å²) in [5, 5.41) is 0.289. The summed E-state index contributed by atoms with van der Waals surface area (Å²) < 4.78 is 13.8. The Hall–Kier alpha value is -2.26. The van der Waals surface area contributed by atoms with Crippen molar-refractivity contribution in [1.29, 1.82) is 0 Å². The van der Waals surface area contributed by atoms with Crippen molar-refractivity contribution in [2.24, 2.45) is 0 Å². The number of rotatable bonds is 2. The number of aromatic nitrogens is 2. The predicted octanol–water partition coefficient (Wildman–Crippen LogP) is 4.60. The maximum atomic E-state index is 13.8. The number of benzene rings is 2. The summed E-state index contributed by atoms with van der Waals surface area (Å²) >= 11 is 6.03. The fraction of sp³-hybridized carbons (Fsp3) is 0. The van der Waals surface area contributed by atoms with Crippen LogP contribution in [0.3, 0.4) is 0 Å². The van der Waals surface area contributed by atoms with E-state index in [4.69, 9.17) is 11.6 Å². The Kier molecular flexibility index (Phi) is 3.44. The van der Waals surface area contributed by atoms with Crippen molar-refractivity contribution in [2.45, 2.75) is 0 Å². The lowest BCUT2D eigenvalue weighted by molar-refractivity contribution is 0.630. The molecule has 4 heteroatoms. The largest absolute Gasteiger partial charge is 0.228 e. The topological polar surface area (TPSA) is 25.8 Å². The lowest BCUT2D eigenvalue weighted by Gasteiger charge is -2.06. The van der Waals surface area contributed by atoms with E-state index in [1.807, 2.05) is 30.3 Å². The number of halogens is 2. The molecule has 1 heterocycles. The van der Waals surface area contributed by atoms with Gasteiger partial charge in [0, 0.05) is 11.6 Å². The first-order valence-electron chi connectivity index (χ1n) is 6.09. The molecule has 0 spiro atoms. The third kappa shape index (κ3) is 2.53. The normalized spacial score (nSPS) is 10.5. The zero-order valence-corrected chi connectivity index (χ0v) is 11.2. The smallest absolute Gasteiger partial charge is 0.164 e. The lowest BCUT2D eigenvalue weighted by atomic mass is 10.1. The SMILES string of the molecule is Fc1ccccc1-c1nc(Cl)cc(-c2ccccc2)n1. The van der Waals surface area contributed by atoms with Gasteiger partial charge in [-0.05, 0) is 12.1 Å². The second-order valence-electron chi connectivity index (χ2n) is 4.25. The van der Waals surface area contributed by atoms with Crippen molar-refractivity contribution in [1.82, 2.24) is 9.97 Å². The van der Waals surface area contributed by atoms with Crippen molar-refractivity contribution in [3.8, 4) is 22.6 Å². The van der Waals surface area contributed by atoms with Crippen LogP contribution in [0.5, 0.6) is 0 Å². The highest BCUT2D eigenvalue weighted by Gasteiger charge is 2.10. The van der Waals surface area contributed by atoms with Gasteiger partial charge >= 0.3 is 0 Å². The van der Waals surface area contributed by atoms with Gasteiger partial charge in [-0.3, -0.25) is 0 Å². The summed E-state index contributed by atoms with van der Waals surface area (Å²) in [5.74, 6) is -0.0803. The van der Waals surface area contributed by atoms with Gasteiger partial charge in [-0.2, -0.15) is 0 Å². The van der Waals surface area contributed by atoms with Crippen LogP contribution in [0.2, 0.25) is 5.15 Å². The minimum Gasteiger partial charge on any atom is -0.228 e. The molecule has 0 atom stereocenters. The van der Waals surface area contributed by atoms with Crippen molar-refractivity contribution in [3.63, 3.8) is 0 Å². The van der Waals surface area contributed by atoms with Crippen molar-refractivity contribution < 1.29 is 4.39 Å². The summed E-state index contributed by atoms with van der Waals surface area (Å²) in [6, 6.07) is 17.6. The molecule has 3 aromatic rings. The molecule has 0 aliphatic carbocycles. The second kappa shape index (κ2) is 5.39. The van der Waals surface area contributed by atoms with Gasteiger partial charge in [0.05, 0.1) is 11.3 Å². The zero-order chi connectivity index (χ0) is 13.9. The molecular formula is C16H10ClFN2. The van der Waals surface area contributed by atoms with Crippen LogP contribution in [0.15, 0.2) is 60.7 Å². The highest BCUT2D eigenvalue weighted by Crippen LogP contribution is 2.25. The van der Waals surface area contributed by atoms with Gasteiger partial charge in [-0.15, -0.1) is 0 Å². The van der Waals surface area contributed by atoms with Crippen molar-refractivity contribution in [3.05, 3.63) is 71.6 Å². The van der Waals surface area contributed by atoms with Gasteiger partial charge in [0.2, 0.25) is 0 Å². The van der Waals surface area contributed by atoms with E-state index in [1.165, 1.54) is 6.07 Å². The van der Waals surface area contributed by atoms with Crippen LogP contribution in [-0.2, 0) is 0 Å². The van der Waals surface area contributed by atoms with Crippen LogP contribution in [0.25, 0.3) is 22.6 Å². The molecule has 1 aromatic heterocycles. The Bertz CT molecular complexity index is 744. The molecule has 0 saturated heterocycles. The number of hydrogen-bond acceptors (Lipinski definition) is 2. The molecule has 0 aliphatic heterocycles. The molecule has 98 valence electrons. The molecule has 2 nitrogen and oxygen atoms in total. The van der Waals surface area contributed by atoms with E-state index in [0.717, 1.165) is 5.56 Å². The van der Waals surface area contributed by atoms with Gasteiger partial charge in [0.15, 0.2) is 5.82 Å². The minimum absolute atomic E-state index is 0.287. The van der Waals surface area contributed by atoms with E-state index >= 15 is 0 Å². The van der Waals surface area contributed by atoms with Crippen molar-refractivity contribution >= 4 is 11.6 Å². The van der Waals surface area contributed by atoms with Gasteiger partial charge in [-0.25, -0.2) is 14.4 Å². The summed E-state index contributed by atoms with van der Waals surface area (Å²) in [5.41, 5.74) is 1.92. The van der Waals surface area contributed by atoms with Crippen LogP contribution >= 0.6 is 11.6 Å².